The minimum Gasteiger partial charge on any atom is -0.495 e. The SMILES string of the molecule is CCN(C)C(=O)Nc1ccc(OC)c(N)c1. The molecule has 2 amide bonds. The first kappa shape index (κ1) is 12.2. The summed E-state index contributed by atoms with van der Waals surface area (Å²) in [5.41, 5.74) is 6.88. The van der Waals surface area contributed by atoms with Crippen molar-refractivity contribution in [2.24, 2.45) is 0 Å². The number of nitrogen functional groups attached to an aromatic ring is 1. The van der Waals surface area contributed by atoms with E-state index in [1.807, 2.05) is 6.92 Å². The minimum absolute atomic E-state index is 0.160. The third-order valence-corrected chi connectivity index (χ3v) is 2.30. The summed E-state index contributed by atoms with van der Waals surface area (Å²) in [6.07, 6.45) is 0. The zero-order valence-electron chi connectivity index (χ0n) is 9.78. The van der Waals surface area contributed by atoms with Gasteiger partial charge in [-0.3, -0.25) is 0 Å². The second-order valence-electron chi connectivity index (χ2n) is 3.40. The number of rotatable bonds is 3. The number of carbonyl (C=O) groups excluding carboxylic acids is 1. The van der Waals surface area contributed by atoms with Crippen LogP contribution in [0.1, 0.15) is 6.92 Å². The maximum atomic E-state index is 11.6. The molecule has 0 heterocycles. The Morgan fingerprint density at radius 3 is 2.75 bits per heavy atom. The summed E-state index contributed by atoms with van der Waals surface area (Å²) in [6, 6.07) is 4.97. The van der Waals surface area contributed by atoms with Crippen molar-refractivity contribution >= 4 is 17.4 Å². The van der Waals surface area contributed by atoms with E-state index in [2.05, 4.69) is 5.32 Å². The number of methoxy groups -OCH3 is 1. The van der Waals surface area contributed by atoms with E-state index in [4.69, 9.17) is 10.5 Å². The highest BCUT2D eigenvalue weighted by atomic mass is 16.5. The van der Waals surface area contributed by atoms with Crippen LogP contribution in [0.25, 0.3) is 0 Å². The summed E-state index contributed by atoms with van der Waals surface area (Å²) >= 11 is 0. The van der Waals surface area contributed by atoms with E-state index in [0.29, 0.717) is 23.7 Å². The third-order valence-electron chi connectivity index (χ3n) is 2.30. The van der Waals surface area contributed by atoms with Gasteiger partial charge in [0.15, 0.2) is 0 Å². The first-order chi connectivity index (χ1) is 7.58. The fraction of sp³-hybridized carbons (Fsp3) is 0.364. The predicted octanol–water partition coefficient (Wildman–Crippen LogP) is 1.76. The van der Waals surface area contributed by atoms with Gasteiger partial charge in [0.2, 0.25) is 0 Å². The number of nitrogens with one attached hydrogen (secondary N) is 1. The second-order valence-corrected chi connectivity index (χ2v) is 3.40. The van der Waals surface area contributed by atoms with Gasteiger partial charge >= 0.3 is 6.03 Å². The Hall–Kier alpha value is -1.91. The van der Waals surface area contributed by atoms with Crippen LogP contribution in [-0.4, -0.2) is 31.6 Å². The second kappa shape index (κ2) is 5.25. The smallest absolute Gasteiger partial charge is 0.321 e. The van der Waals surface area contributed by atoms with Crippen molar-refractivity contribution in [1.82, 2.24) is 4.90 Å². The van der Waals surface area contributed by atoms with E-state index in [1.54, 1.807) is 37.3 Å². The number of hydrogen-bond acceptors (Lipinski definition) is 3. The number of carbonyl (C=O) groups is 1. The summed E-state index contributed by atoms with van der Waals surface area (Å²) in [7, 11) is 3.27. The highest BCUT2D eigenvalue weighted by Gasteiger charge is 2.07. The van der Waals surface area contributed by atoms with Gasteiger partial charge in [0.25, 0.3) is 0 Å². The lowest BCUT2D eigenvalue weighted by molar-refractivity contribution is 0.224. The van der Waals surface area contributed by atoms with Crippen LogP contribution in [0.2, 0.25) is 0 Å². The fourth-order valence-corrected chi connectivity index (χ4v) is 1.17. The van der Waals surface area contributed by atoms with Crippen LogP contribution in [0.4, 0.5) is 16.2 Å². The van der Waals surface area contributed by atoms with Gasteiger partial charge in [-0.25, -0.2) is 4.79 Å². The molecule has 5 heteroatoms. The molecule has 0 saturated heterocycles. The molecule has 3 N–H and O–H groups in total. The lowest BCUT2D eigenvalue weighted by Crippen LogP contribution is -2.30. The van der Waals surface area contributed by atoms with Crippen LogP contribution in [0.3, 0.4) is 0 Å². The predicted molar refractivity (Wildman–Crippen MR) is 64.7 cm³/mol. The van der Waals surface area contributed by atoms with E-state index < -0.39 is 0 Å². The standard InChI is InChI=1S/C11H17N3O2/c1-4-14(2)11(15)13-8-5-6-10(16-3)9(12)7-8/h5-7H,4,12H2,1-3H3,(H,13,15). The Morgan fingerprint density at radius 2 is 2.25 bits per heavy atom. The Kier molecular flexibility index (Phi) is 3.99. The van der Waals surface area contributed by atoms with Gasteiger partial charge in [-0.1, -0.05) is 0 Å². The van der Waals surface area contributed by atoms with Crippen LogP contribution in [0.15, 0.2) is 18.2 Å². The van der Waals surface area contributed by atoms with Gasteiger partial charge in [-0.05, 0) is 25.1 Å². The number of nitrogens with two attached hydrogens (primary N) is 1. The zero-order valence-corrected chi connectivity index (χ0v) is 9.78. The molecule has 0 aromatic heterocycles. The minimum atomic E-state index is -0.160. The van der Waals surface area contributed by atoms with Crippen molar-refractivity contribution in [2.45, 2.75) is 6.92 Å². The molecule has 0 radical (unpaired) electrons. The summed E-state index contributed by atoms with van der Waals surface area (Å²) in [5, 5.41) is 2.74. The van der Waals surface area contributed by atoms with E-state index in [0.717, 1.165) is 0 Å². The number of benzene rings is 1. The first-order valence-corrected chi connectivity index (χ1v) is 5.04. The normalized spacial score (nSPS) is 9.69. The Labute approximate surface area is 95.2 Å². The molecular weight excluding hydrogens is 206 g/mol. The number of urea groups is 1. The molecule has 0 fully saturated rings. The van der Waals surface area contributed by atoms with Crippen LogP contribution >= 0.6 is 0 Å². The molecule has 0 aliphatic carbocycles. The molecule has 1 rings (SSSR count). The maximum absolute atomic E-state index is 11.6. The molecule has 5 nitrogen and oxygen atoms in total. The quantitative estimate of drug-likeness (QED) is 0.767. The third kappa shape index (κ3) is 2.79. The highest BCUT2D eigenvalue weighted by molar-refractivity contribution is 5.89. The number of amides is 2. The van der Waals surface area contributed by atoms with Gasteiger partial charge in [0.1, 0.15) is 5.75 Å². The number of anilines is 2. The molecule has 1 aromatic carbocycles. The van der Waals surface area contributed by atoms with Crippen molar-refractivity contribution in [3.05, 3.63) is 18.2 Å². The monoisotopic (exact) mass is 223 g/mol. The van der Waals surface area contributed by atoms with Crippen LogP contribution in [0.5, 0.6) is 5.75 Å². The number of hydrogen-bond donors (Lipinski definition) is 2. The molecule has 0 bridgehead atoms. The van der Waals surface area contributed by atoms with Gasteiger partial charge in [0, 0.05) is 19.3 Å². The maximum Gasteiger partial charge on any atom is 0.321 e. The summed E-state index contributed by atoms with van der Waals surface area (Å²) in [6.45, 7) is 2.55. The molecule has 0 spiro atoms. The van der Waals surface area contributed by atoms with Crippen LogP contribution in [0, 0.1) is 0 Å². The lowest BCUT2D eigenvalue weighted by Gasteiger charge is -2.16. The summed E-state index contributed by atoms with van der Waals surface area (Å²) in [4.78, 5) is 13.1. The molecule has 0 aliphatic rings. The Bertz CT molecular complexity index is 379. The van der Waals surface area contributed by atoms with E-state index in [1.165, 1.54) is 0 Å². The molecule has 0 aliphatic heterocycles. The molecule has 88 valence electrons. The first-order valence-electron chi connectivity index (χ1n) is 5.04. The lowest BCUT2D eigenvalue weighted by atomic mass is 10.2. The van der Waals surface area contributed by atoms with Crippen molar-refractivity contribution in [1.29, 1.82) is 0 Å². The largest absolute Gasteiger partial charge is 0.495 e. The molecule has 0 atom stereocenters. The van der Waals surface area contributed by atoms with Crippen molar-refractivity contribution in [3.63, 3.8) is 0 Å². The molecule has 0 unspecified atom stereocenters. The summed E-state index contributed by atoms with van der Waals surface area (Å²) < 4.78 is 5.03. The Balaban J connectivity index is 2.75. The van der Waals surface area contributed by atoms with Gasteiger partial charge < -0.3 is 20.7 Å². The van der Waals surface area contributed by atoms with Gasteiger partial charge in [-0.15, -0.1) is 0 Å². The highest BCUT2D eigenvalue weighted by Crippen LogP contribution is 2.24. The van der Waals surface area contributed by atoms with Gasteiger partial charge in [-0.2, -0.15) is 0 Å². The van der Waals surface area contributed by atoms with E-state index in [-0.39, 0.29) is 6.03 Å². The number of ether oxygens (including phenoxy) is 1. The van der Waals surface area contributed by atoms with Crippen LogP contribution in [-0.2, 0) is 0 Å². The molecule has 16 heavy (non-hydrogen) atoms. The fourth-order valence-electron chi connectivity index (χ4n) is 1.17. The van der Waals surface area contributed by atoms with Crippen molar-refractivity contribution in [2.75, 3.05) is 31.8 Å². The van der Waals surface area contributed by atoms with E-state index in [9.17, 15) is 4.79 Å². The summed E-state index contributed by atoms with van der Waals surface area (Å²) in [5.74, 6) is 0.599. The molecule has 1 aromatic rings. The van der Waals surface area contributed by atoms with Gasteiger partial charge in [0.05, 0.1) is 12.8 Å². The average Bonchev–Trinajstić information content (AvgIpc) is 2.28. The van der Waals surface area contributed by atoms with Crippen LogP contribution < -0.4 is 15.8 Å². The average molecular weight is 223 g/mol. The zero-order chi connectivity index (χ0) is 12.1. The number of nitrogens with zero attached hydrogens (tertiary/aromatic N) is 1. The Morgan fingerprint density at radius 1 is 1.56 bits per heavy atom. The van der Waals surface area contributed by atoms with Crippen molar-refractivity contribution < 1.29 is 9.53 Å². The molecule has 0 saturated carbocycles. The van der Waals surface area contributed by atoms with Crippen molar-refractivity contribution in [3.8, 4) is 5.75 Å². The van der Waals surface area contributed by atoms with E-state index >= 15 is 0 Å². The topological polar surface area (TPSA) is 67.6 Å². The molecular formula is C11H17N3O2.